The van der Waals surface area contributed by atoms with Crippen LogP contribution in [0.4, 0.5) is 26.1 Å². The summed E-state index contributed by atoms with van der Waals surface area (Å²) in [7, 11) is 0. The predicted octanol–water partition coefficient (Wildman–Crippen LogP) is 4.33. The Hall–Kier alpha value is -3.81. The van der Waals surface area contributed by atoms with E-state index in [1.165, 1.54) is 12.1 Å². The number of halogens is 2. The fourth-order valence-corrected chi connectivity index (χ4v) is 2.73. The van der Waals surface area contributed by atoms with Crippen LogP contribution in [0.5, 0.6) is 0 Å². The van der Waals surface area contributed by atoms with Crippen LogP contribution >= 0.6 is 0 Å². The maximum atomic E-state index is 13.3. The second kappa shape index (κ2) is 7.43. The Balaban J connectivity index is 1.46. The molecule has 3 heterocycles. The van der Waals surface area contributed by atoms with E-state index >= 15 is 0 Å². The van der Waals surface area contributed by atoms with Gasteiger partial charge in [-0.1, -0.05) is 11.2 Å². The molecule has 3 N–H and O–H groups in total. The minimum atomic E-state index is -0.657. The molecule has 3 aromatic heterocycles. The van der Waals surface area contributed by atoms with Crippen molar-refractivity contribution >= 4 is 17.3 Å². The van der Waals surface area contributed by atoms with Crippen molar-refractivity contribution in [3.63, 3.8) is 0 Å². The number of nitrogens with two attached hydrogens (primary N) is 1. The molecular formula is C20H15F2N5O. The van der Waals surface area contributed by atoms with E-state index in [1.54, 1.807) is 30.6 Å². The summed E-state index contributed by atoms with van der Waals surface area (Å²) in [6.07, 6.45) is 3.77. The van der Waals surface area contributed by atoms with Gasteiger partial charge in [0.05, 0.1) is 11.3 Å². The van der Waals surface area contributed by atoms with Crippen LogP contribution in [0.1, 0.15) is 11.3 Å². The third kappa shape index (κ3) is 3.96. The summed E-state index contributed by atoms with van der Waals surface area (Å²) in [6, 6.07) is 12.1. The molecule has 0 aliphatic carbocycles. The minimum absolute atomic E-state index is 0.285. The van der Waals surface area contributed by atoms with Crippen LogP contribution in [-0.4, -0.2) is 15.1 Å². The molecule has 1 aromatic carbocycles. The molecule has 140 valence electrons. The Labute approximate surface area is 159 Å². The Morgan fingerprint density at radius 2 is 1.82 bits per heavy atom. The topological polar surface area (TPSA) is 89.9 Å². The molecule has 0 bridgehead atoms. The van der Waals surface area contributed by atoms with Crippen LogP contribution < -0.4 is 11.1 Å². The monoisotopic (exact) mass is 379 g/mol. The molecule has 6 nitrogen and oxygen atoms in total. The van der Waals surface area contributed by atoms with Crippen molar-refractivity contribution in [1.82, 2.24) is 15.1 Å². The molecule has 0 fully saturated rings. The Morgan fingerprint density at radius 1 is 1.00 bits per heavy atom. The standard InChI is InChI=1S/C20H15F2N5O/c21-13-7-14(22)9-15(8-13)26-19-4-3-12(11-25-19)6-16-10-18(28-27-16)17-2-1-5-24-20(17)23/h1-5,7-11H,6H2,(H2,23,24)(H,25,26). The van der Waals surface area contributed by atoms with E-state index in [0.29, 0.717) is 35.1 Å². The molecule has 4 aromatic rings. The molecule has 0 atom stereocenters. The van der Waals surface area contributed by atoms with Gasteiger partial charge in [0, 0.05) is 36.6 Å². The third-order valence-corrected chi connectivity index (χ3v) is 4.01. The lowest BCUT2D eigenvalue weighted by atomic mass is 10.1. The molecular weight excluding hydrogens is 364 g/mol. The SMILES string of the molecule is Nc1ncccc1-c1cc(Cc2ccc(Nc3cc(F)cc(F)c3)nc2)no1. The van der Waals surface area contributed by atoms with E-state index in [9.17, 15) is 8.78 Å². The van der Waals surface area contributed by atoms with Crippen molar-refractivity contribution < 1.29 is 13.3 Å². The summed E-state index contributed by atoms with van der Waals surface area (Å²) >= 11 is 0. The number of nitrogens with zero attached hydrogens (tertiary/aromatic N) is 3. The number of benzene rings is 1. The predicted molar refractivity (Wildman–Crippen MR) is 101 cm³/mol. The summed E-state index contributed by atoms with van der Waals surface area (Å²) < 4.78 is 31.9. The molecule has 0 radical (unpaired) electrons. The molecule has 0 aliphatic rings. The van der Waals surface area contributed by atoms with Gasteiger partial charge in [-0.2, -0.15) is 0 Å². The van der Waals surface area contributed by atoms with Crippen LogP contribution in [-0.2, 0) is 6.42 Å². The zero-order valence-corrected chi connectivity index (χ0v) is 14.6. The first-order valence-corrected chi connectivity index (χ1v) is 8.41. The minimum Gasteiger partial charge on any atom is -0.383 e. The van der Waals surface area contributed by atoms with Crippen molar-refractivity contribution in [2.75, 3.05) is 11.1 Å². The zero-order valence-electron chi connectivity index (χ0n) is 14.6. The summed E-state index contributed by atoms with van der Waals surface area (Å²) in [4.78, 5) is 8.29. The first-order valence-electron chi connectivity index (χ1n) is 8.41. The van der Waals surface area contributed by atoms with Crippen LogP contribution in [0.3, 0.4) is 0 Å². The van der Waals surface area contributed by atoms with Gasteiger partial charge < -0.3 is 15.6 Å². The number of nitrogen functional groups attached to an aromatic ring is 1. The lowest BCUT2D eigenvalue weighted by molar-refractivity contribution is 0.425. The van der Waals surface area contributed by atoms with E-state index in [1.807, 2.05) is 12.1 Å². The van der Waals surface area contributed by atoms with E-state index < -0.39 is 11.6 Å². The second-order valence-corrected chi connectivity index (χ2v) is 6.13. The van der Waals surface area contributed by atoms with E-state index in [2.05, 4.69) is 20.4 Å². The Morgan fingerprint density at radius 3 is 2.54 bits per heavy atom. The van der Waals surface area contributed by atoms with Gasteiger partial charge in [-0.05, 0) is 35.9 Å². The number of hydrogen-bond acceptors (Lipinski definition) is 6. The summed E-state index contributed by atoms with van der Waals surface area (Å²) in [5, 5.41) is 6.92. The van der Waals surface area contributed by atoms with Gasteiger partial charge in [-0.25, -0.2) is 18.7 Å². The molecule has 0 amide bonds. The van der Waals surface area contributed by atoms with Gasteiger partial charge >= 0.3 is 0 Å². The molecule has 8 heteroatoms. The van der Waals surface area contributed by atoms with Crippen molar-refractivity contribution in [3.8, 4) is 11.3 Å². The molecule has 0 saturated heterocycles. The first kappa shape index (κ1) is 17.6. The number of rotatable bonds is 5. The second-order valence-electron chi connectivity index (χ2n) is 6.13. The van der Waals surface area contributed by atoms with Crippen molar-refractivity contribution in [1.29, 1.82) is 0 Å². The summed E-state index contributed by atoms with van der Waals surface area (Å²) in [5.41, 5.74) is 8.43. The molecule has 0 unspecified atom stereocenters. The molecule has 0 saturated carbocycles. The zero-order chi connectivity index (χ0) is 19.5. The highest BCUT2D eigenvalue weighted by atomic mass is 19.1. The number of aromatic nitrogens is 3. The Kier molecular flexibility index (Phi) is 4.67. The van der Waals surface area contributed by atoms with Crippen LogP contribution in [0.25, 0.3) is 11.3 Å². The highest BCUT2D eigenvalue weighted by molar-refractivity contribution is 5.69. The normalized spacial score (nSPS) is 10.8. The van der Waals surface area contributed by atoms with E-state index in [-0.39, 0.29) is 5.69 Å². The smallest absolute Gasteiger partial charge is 0.170 e. The lowest BCUT2D eigenvalue weighted by Gasteiger charge is -2.06. The Bertz CT molecular complexity index is 1090. The molecule has 4 rings (SSSR count). The number of anilines is 3. The van der Waals surface area contributed by atoms with Crippen LogP contribution in [0.2, 0.25) is 0 Å². The van der Waals surface area contributed by atoms with Gasteiger partial charge in [-0.15, -0.1) is 0 Å². The van der Waals surface area contributed by atoms with Crippen LogP contribution in [0.15, 0.2) is 65.4 Å². The number of hydrogen-bond donors (Lipinski definition) is 2. The first-order chi connectivity index (χ1) is 13.6. The number of pyridine rings is 2. The van der Waals surface area contributed by atoms with E-state index in [4.69, 9.17) is 10.3 Å². The maximum Gasteiger partial charge on any atom is 0.170 e. The van der Waals surface area contributed by atoms with Crippen molar-refractivity contribution in [2.24, 2.45) is 0 Å². The van der Waals surface area contributed by atoms with Gasteiger partial charge in [0.25, 0.3) is 0 Å². The quantitative estimate of drug-likeness (QED) is 0.537. The highest BCUT2D eigenvalue weighted by Crippen LogP contribution is 2.25. The lowest BCUT2D eigenvalue weighted by Crippen LogP contribution is -1.96. The van der Waals surface area contributed by atoms with E-state index in [0.717, 1.165) is 11.6 Å². The van der Waals surface area contributed by atoms with Crippen molar-refractivity contribution in [3.05, 3.63) is 83.8 Å². The molecule has 0 spiro atoms. The average molecular weight is 379 g/mol. The third-order valence-electron chi connectivity index (χ3n) is 4.01. The maximum absolute atomic E-state index is 13.3. The summed E-state index contributed by atoms with van der Waals surface area (Å²) in [6.45, 7) is 0. The van der Waals surface area contributed by atoms with Crippen LogP contribution in [0, 0.1) is 11.6 Å². The van der Waals surface area contributed by atoms with Gasteiger partial charge in [0.15, 0.2) is 5.76 Å². The fraction of sp³-hybridized carbons (Fsp3) is 0.0500. The fourth-order valence-electron chi connectivity index (χ4n) is 2.73. The van der Waals surface area contributed by atoms with Gasteiger partial charge in [-0.3, -0.25) is 0 Å². The summed E-state index contributed by atoms with van der Waals surface area (Å²) in [5.74, 6) is 0.0687. The van der Waals surface area contributed by atoms with Gasteiger partial charge in [0.2, 0.25) is 0 Å². The molecule has 28 heavy (non-hydrogen) atoms. The molecule has 0 aliphatic heterocycles. The van der Waals surface area contributed by atoms with Crippen molar-refractivity contribution in [2.45, 2.75) is 6.42 Å². The average Bonchev–Trinajstić information content (AvgIpc) is 3.11. The highest BCUT2D eigenvalue weighted by Gasteiger charge is 2.11. The number of nitrogens with one attached hydrogen (secondary N) is 1. The van der Waals surface area contributed by atoms with Gasteiger partial charge in [0.1, 0.15) is 23.3 Å². The largest absolute Gasteiger partial charge is 0.383 e.